The normalized spacial score (nSPS) is 11.0. The van der Waals surface area contributed by atoms with E-state index in [4.69, 9.17) is 5.11 Å². The maximum atomic E-state index is 10.7. The Morgan fingerprint density at radius 3 is 2.70 bits per heavy atom. The molecule has 2 aromatic rings. The number of thioether (sulfide) groups is 1. The molecule has 1 aromatic heterocycles. The van der Waals surface area contributed by atoms with Gasteiger partial charge >= 0.3 is 5.97 Å². The predicted octanol–water partition coefficient (Wildman–Crippen LogP) is 3.31. The fourth-order valence-electron chi connectivity index (χ4n) is 1.79. The molecule has 0 saturated carbocycles. The van der Waals surface area contributed by atoms with Gasteiger partial charge in [-0.15, -0.1) is 10.2 Å². The van der Waals surface area contributed by atoms with Crippen molar-refractivity contribution in [3.05, 3.63) is 27.8 Å². The van der Waals surface area contributed by atoms with Crippen molar-refractivity contribution >= 4 is 40.3 Å². The van der Waals surface area contributed by atoms with Gasteiger partial charge in [0.2, 0.25) is 0 Å². The highest BCUT2D eigenvalue weighted by Crippen LogP contribution is 2.30. The predicted molar refractivity (Wildman–Crippen MR) is 86.9 cm³/mol. The third-order valence-corrected chi connectivity index (χ3v) is 4.49. The Balaban J connectivity index is 2.44. The number of rotatable bonds is 5. The quantitative estimate of drug-likeness (QED) is 0.613. The fraction of sp³-hybridized carbons (Fsp3) is 0.308. The van der Waals surface area contributed by atoms with Crippen molar-refractivity contribution in [3.63, 3.8) is 0 Å². The maximum absolute atomic E-state index is 10.7. The van der Waals surface area contributed by atoms with Crippen LogP contribution in [-0.4, -0.2) is 31.6 Å². The summed E-state index contributed by atoms with van der Waals surface area (Å²) >= 11 is 3.46. The summed E-state index contributed by atoms with van der Waals surface area (Å²) in [6.07, 6.45) is 0. The Bertz CT molecular complexity index is 628. The van der Waals surface area contributed by atoms with Gasteiger partial charge < -0.3 is 5.11 Å². The summed E-state index contributed by atoms with van der Waals surface area (Å²) in [4.78, 5) is 10.7. The lowest BCUT2D eigenvalue weighted by Gasteiger charge is -2.14. The van der Waals surface area contributed by atoms with Gasteiger partial charge in [-0.25, -0.2) is 0 Å². The molecule has 2 rings (SSSR count). The van der Waals surface area contributed by atoms with Crippen LogP contribution < -0.4 is 0 Å². The van der Waals surface area contributed by atoms with E-state index in [1.807, 2.05) is 42.7 Å². The van der Waals surface area contributed by atoms with Crippen molar-refractivity contribution in [1.29, 1.82) is 0 Å². The van der Waals surface area contributed by atoms with Gasteiger partial charge in [-0.3, -0.25) is 9.36 Å². The number of halogens is 1. The van der Waals surface area contributed by atoms with Crippen molar-refractivity contribution in [1.82, 2.24) is 14.8 Å². The minimum absolute atomic E-state index is 0.0171. The molecule has 1 heterocycles. The molecule has 1 aromatic carbocycles. The van der Waals surface area contributed by atoms with Gasteiger partial charge in [0, 0.05) is 15.2 Å². The standard InChI is InChI=1S/C13H14IN3O2S/c1-8(2)17-12(9-5-3-4-6-10(9)14)15-16-13(17)20-7-11(18)19/h3-6,8H,7H2,1-2H3,(H,18,19). The molecule has 0 atom stereocenters. The van der Waals surface area contributed by atoms with Crippen LogP contribution in [0.5, 0.6) is 0 Å². The van der Waals surface area contributed by atoms with Gasteiger partial charge in [0.15, 0.2) is 11.0 Å². The number of carboxylic acid groups (broad SMARTS) is 1. The first-order valence-corrected chi connectivity index (χ1v) is 8.11. The monoisotopic (exact) mass is 403 g/mol. The molecule has 0 bridgehead atoms. The minimum Gasteiger partial charge on any atom is -0.481 e. The maximum Gasteiger partial charge on any atom is 0.313 e. The van der Waals surface area contributed by atoms with E-state index in [0.717, 1.165) is 15.0 Å². The first-order valence-electron chi connectivity index (χ1n) is 6.05. The molecule has 20 heavy (non-hydrogen) atoms. The van der Waals surface area contributed by atoms with Gasteiger partial charge in [-0.2, -0.15) is 0 Å². The van der Waals surface area contributed by atoms with Crippen molar-refractivity contribution in [2.24, 2.45) is 0 Å². The smallest absolute Gasteiger partial charge is 0.313 e. The summed E-state index contributed by atoms with van der Waals surface area (Å²) in [6.45, 7) is 4.07. The number of aromatic nitrogens is 3. The van der Waals surface area contributed by atoms with Gasteiger partial charge in [0.05, 0.1) is 5.75 Å². The average Bonchev–Trinajstić information content (AvgIpc) is 2.80. The van der Waals surface area contributed by atoms with Crippen LogP contribution in [0.25, 0.3) is 11.4 Å². The van der Waals surface area contributed by atoms with Crippen molar-refractivity contribution in [2.45, 2.75) is 25.0 Å². The summed E-state index contributed by atoms with van der Waals surface area (Å²) in [6, 6.07) is 8.10. The first-order chi connectivity index (χ1) is 9.50. The van der Waals surface area contributed by atoms with Crippen LogP contribution in [-0.2, 0) is 4.79 Å². The molecule has 0 aliphatic carbocycles. The second-order valence-electron chi connectivity index (χ2n) is 4.43. The molecule has 0 saturated heterocycles. The summed E-state index contributed by atoms with van der Waals surface area (Å²) in [5.41, 5.74) is 1.01. The van der Waals surface area contributed by atoms with Gasteiger partial charge in [0.25, 0.3) is 0 Å². The molecule has 5 nitrogen and oxygen atoms in total. The van der Waals surface area contributed by atoms with Crippen LogP contribution in [0.15, 0.2) is 29.4 Å². The molecule has 7 heteroatoms. The largest absolute Gasteiger partial charge is 0.481 e. The highest BCUT2D eigenvalue weighted by Gasteiger charge is 2.18. The highest BCUT2D eigenvalue weighted by atomic mass is 127. The number of aliphatic carboxylic acids is 1. The zero-order valence-corrected chi connectivity index (χ0v) is 14.1. The van der Waals surface area contributed by atoms with Crippen molar-refractivity contribution < 1.29 is 9.90 Å². The molecule has 0 radical (unpaired) electrons. The van der Waals surface area contributed by atoms with Crippen LogP contribution in [0.2, 0.25) is 0 Å². The number of hydrogen-bond acceptors (Lipinski definition) is 4. The van der Waals surface area contributed by atoms with Crippen molar-refractivity contribution in [2.75, 3.05) is 5.75 Å². The summed E-state index contributed by atoms with van der Waals surface area (Å²) in [5, 5.41) is 17.8. The average molecular weight is 403 g/mol. The zero-order chi connectivity index (χ0) is 14.7. The lowest BCUT2D eigenvalue weighted by atomic mass is 10.2. The Morgan fingerprint density at radius 1 is 1.40 bits per heavy atom. The second kappa shape index (κ2) is 6.57. The van der Waals surface area contributed by atoms with E-state index in [1.165, 1.54) is 11.8 Å². The molecule has 0 amide bonds. The Kier molecular flexibility index (Phi) is 5.03. The number of carboxylic acids is 1. The molecule has 0 spiro atoms. The third kappa shape index (κ3) is 3.32. The number of nitrogens with zero attached hydrogens (tertiary/aromatic N) is 3. The van der Waals surface area contributed by atoms with Crippen LogP contribution in [0.3, 0.4) is 0 Å². The molecule has 0 fully saturated rings. The molecule has 0 aliphatic heterocycles. The fourth-order valence-corrected chi connectivity index (χ4v) is 3.21. The van der Waals surface area contributed by atoms with E-state index in [1.54, 1.807) is 0 Å². The van der Waals surface area contributed by atoms with E-state index < -0.39 is 5.97 Å². The van der Waals surface area contributed by atoms with Crippen LogP contribution >= 0.6 is 34.4 Å². The van der Waals surface area contributed by atoms with Crippen LogP contribution in [0, 0.1) is 3.57 Å². The van der Waals surface area contributed by atoms with E-state index in [2.05, 4.69) is 32.8 Å². The van der Waals surface area contributed by atoms with E-state index in [9.17, 15) is 4.79 Å². The number of hydrogen-bond donors (Lipinski definition) is 1. The summed E-state index contributed by atoms with van der Waals surface area (Å²) in [5.74, 6) is -0.0986. The second-order valence-corrected chi connectivity index (χ2v) is 6.54. The van der Waals surface area contributed by atoms with Gasteiger partial charge in [-0.05, 0) is 42.5 Å². The molecule has 0 aliphatic rings. The van der Waals surface area contributed by atoms with Crippen molar-refractivity contribution in [3.8, 4) is 11.4 Å². The lowest BCUT2D eigenvalue weighted by Crippen LogP contribution is -2.07. The number of benzene rings is 1. The SMILES string of the molecule is CC(C)n1c(SCC(=O)O)nnc1-c1ccccc1I. The molecule has 106 valence electrons. The van der Waals surface area contributed by atoms with E-state index in [0.29, 0.717) is 5.16 Å². The summed E-state index contributed by atoms with van der Waals surface area (Å²) in [7, 11) is 0. The molecule has 0 unspecified atom stereocenters. The molecular weight excluding hydrogens is 389 g/mol. The lowest BCUT2D eigenvalue weighted by molar-refractivity contribution is -0.133. The van der Waals surface area contributed by atoms with Crippen LogP contribution in [0.1, 0.15) is 19.9 Å². The van der Waals surface area contributed by atoms with Gasteiger partial charge in [-0.1, -0.05) is 30.0 Å². The van der Waals surface area contributed by atoms with E-state index in [-0.39, 0.29) is 11.8 Å². The zero-order valence-electron chi connectivity index (χ0n) is 11.1. The van der Waals surface area contributed by atoms with Crippen LogP contribution in [0.4, 0.5) is 0 Å². The number of carbonyl (C=O) groups is 1. The topological polar surface area (TPSA) is 68.0 Å². The molecular formula is C13H14IN3O2S. The minimum atomic E-state index is -0.857. The molecule has 1 N–H and O–H groups in total. The highest BCUT2D eigenvalue weighted by molar-refractivity contribution is 14.1. The van der Waals surface area contributed by atoms with Gasteiger partial charge in [0.1, 0.15) is 0 Å². The third-order valence-electron chi connectivity index (χ3n) is 2.62. The van der Waals surface area contributed by atoms with E-state index >= 15 is 0 Å². The summed E-state index contributed by atoms with van der Waals surface area (Å²) < 4.78 is 3.07. The first kappa shape index (κ1) is 15.3. The Hall–Kier alpha value is -1.09. The Morgan fingerprint density at radius 2 is 2.10 bits per heavy atom. The Labute approximate surface area is 134 Å².